The van der Waals surface area contributed by atoms with E-state index in [2.05, 4.69) is 10.6 Å². The van der Waals surface area contributed by atoms with Gasteiger partial charge in [0.2, 0.25) is 35.4 Å². The Morgan fingerprint density at radius 3 is 1.49 bits per heavy atom. The highest BCUT2D eigenvalue weighted by atomic mass is 16.2. The molecule has 0 saturated carbocycles. The monoisotopic (exact) mass is 611 g/mol. The van der Waals surface area contributed by atoms with Gasteiger partial charge in [0.1, 0.15) is 30.2 Å². The molecule has 0 bridgehead atoms. The Morgan fingerprint density at radius 2 is 1.12 bits per heavy atom. The third-order valence-electron chi connectivity index (χ3n) is 7.47. The first-order valence-corrected chi connectivity index (χ1v) is 15.2. The Morgan fingerprint density at radius 1 is 0.674 bits per heavy atom. The molecule has 0 fully saturated rings. The normalized spacial score (nSPS) is 14.9. The van der Waals surface area contributed by atoms with E-state index in [0.29, 0.717) is 19.3 Å². The summed E-state index contributed by atoms with van der Waals surface area (Å²) in [7, 11) is 4.51. The highest BCUT2D eigenvalue weighted by Gasteiger charge is 2.38. The number of amides is 6. The molecule has 0 aliphatic rings. The molecule has 0 heterocycles. The topological polar surface area (TPSA) is 188 Å². The second-order valence-corrected chi connectivity index (χ2v) is 12.6. The smallest absolute Gasteiger partial charge is 0.247 e. The van der Waals surface area contributed by atoms with Crippen LogP contribution in [-0.4, -0.2) is 108 Å². The number of nitrogens with one attached hydrogen (secondary N) is 2. The molecule has 0 spiro atoms. The van der Waals surface area contributed by atoms with Crippen LogP contribution >= 0.6 is 0 Å². The molecule has 6 amide bonds. The Bertz CT molecular complexity index is 971. The molecule has 5 atom stereocenters. The van der Waals surface area contributed by atoms with Crippen molar-refractivity contribution >= 4 is 35.4 Å². The Labute approximate surface area is 257 Å². The highest BCUT2D eigenvalue weighted by molar-refractivity contribution is 5.96. The molecule has 43 heavy (non-hydrogen) atoms. The van der Waals surface area contributed by atoms with Gasteiger partial charge in [-0.05, 0) is 43.9 Å². The lowest BCUT2D eigenvalue weighted by Gasteiger charge is -2.36. The zero-order valence-corrected chi connectivity index (χ0v) is 28.1. The number of nitrogens with two attached hydrogens (primary N) is 2. The predicted molar refractivity (Wildman–Crippen MR) is 166 cm³/mol. The maximum atomic E-state index is 13.8. The van der Waals surface area contributed by atoms with Crippen LogP contribution in [0.5, 0.6) is 0 Å². The average molecular weight is 612 g/mol. The van der Waals surface area contributed by atoms with E-state index >= 15 is 0 Å². The Balaban J connectivity index is 6.20. The molecule has 0 rings (SSSR count). The third-order valence-corrected chi connectivity index (χ3v) is 7.47. The first-order valence-electron chi connectivity index (χ1n) is 15.2. The zero-order chi connectivity index (χ0) is 33.8. The standard InChI is InChI=1S/C30H57N7O6/c1-12-13-24(38)35(9)23(16-31)29(42)36(10)22(15-18(4)5)28(41)34-25(19(6)7)30(43)37(11)21(14-17(2)3)27(40)33-20(8)26(32)39/h17-23,25H,12-16,31H2,1-11H3,(H2,32,39)(H,33,40)(H,34,41)/t20-,21+,22+,23-,25+/m1/s1. The first-order chi connectivity index (χ1) is 19.8. The molecular weight excluding hydrogens is 554 g/mol. The van der Waals surface area contributed by atoms with Gasteiger partial charge in [0.25, 0.3) is 0 Å². The highest BCUT2D eigenvalue weighted by Crippen LogP contribution is 2.18. The minimum atomic E-state index is -1.01. The molecule has 0 aromatic carbocycles. The van der Waals surface area contributed by atoms with Crippen molar-refractivity contribution in [3.8, 4) is 0 Å². The van der Waals surface area contributed by atoms with Crippen LogP contribution in [0, 0.1) is 17.8 Å². The molecule has 0 saturated heterocycles. The van der Waals surface area contributed by atoms with E-state index in [9.17, 15) is 28.8 Å². The summed E-state index contributed by atoms with van der Waals surface area (Å²) in [6.07, 6.45) is 1.50. The van der Waals surface area contributed by atoms with Gasteiger partial charge >= 0.3 is 0 Å². The van der Waals surface area contributed by atoms with Crippen molar-refractivity contribution in [3.63, 3.8) is 0 Å². The molecule has 248 valence electrons. The minimum absolute atomic E-state index is 0.0176. The lowest BCUT2D eigenvalue weighted by Crippen LogP contribution is -2.61. The van der Waals surface area contributed by atoms with E-state index < -0.39 is 59.7 Å². The van der Waals surface area contributed by atoms with Gasteiger partial charge in [-0.2, -0.15) is 0 Å². The van der Waals surface area contributed by atoms with Crippen molar-refractivity contribution < 1.29 is 28.8 Å². The number of carbonyl (C=O) groups excluding carboxylic acids is 6. The van der Waals surface area contributed by atoms with E-state index in [-0.39, 0.29) is 36.6 Å². The fourth-order valence-electron chi connectivity index (χ4n) is 4.67. The molecule has 13 heteroatoms. The van der Waals surface area contributed by atoms with Crippen LogP contribution in [0.15, 0.2) is 0 Å². The molecule has 0 unspecified atom stereocenters. The molecule has 6 N–H and O–H groups in total. The van der Waals surface area contributed by atoms with Gasteiger partial charge in [-0.15, -0.1) is 0 Å². The van der Waals surface area contributed by atoms with E-state index in [1.807, 2.05) is 34.6 Å². The van der Waals surface area contributed by atoms with Crippen LogP contribution in [0.25, 0.3) is 0 Å². The van der Waals surface area contributed by atoms with Crippen LogP contribution in [-0.2, 0) is 28.8 Å². The van der Waals surface area contributed by atoms with Gasteiger partial charge in [0.15, 0.2) is 0 Å². The number of likely N-dealkylation sites (N-methyl/N-ethyl adjacent to an activating group) is 3. The van der Waals surface area contributed by atoms with E-state index in [0.717, 1.165) is 0 Å². The minimum Gasteiger partial charge on any atom is -0.368 e. The summed E-state index contributed by atoms with van der Waals surface area (Å²) in [5.74, 6) is -3.25. The van der Waals surface area contributed by atoms with Gasteiger partial charge in [-0.25, -0.2) is 0 Å². The molecule has 0 aliphatic heterocycles. The summed E-state index contributed by atoms with van der Waals surface area (Å²) < 4.78 is 0. The maximum Gasteiger partial charge on any atom is 0.247 e. The Kier molecular flexibility index (Phi) is 17.1. The van der Waals surface area contributed by atoms with Crippen LogP contribution in [0.3, 0.4) is 0 Å². The predicted octanol–water partition coefficient (Wildman–Crippen LogP) is 0.449. The van der Waals surface area contributed by atoms with Gasteiger partial charge in [0, 0.05) is 34.1 Å². The van der Waals surface area contributed by atoms with Crippen molar-refractivity contribution in [1.29, 1.82) is 0 Å². The molecular formula is C30H57N7O6. The quantitative estimate of drug-likeness (QED) is 0.173. The van der Waals surface area contributed by atoms with E-state index in [4.69, 9.17) is 11.5 Å². The van der Waals surface area contributed by atoms with Gasteiger partial charge in [-0.1, -0.05) is 48.5 Å². The van der Waals surface area contributed by atoms with Crippen LogP contribution < -0.4 is 22.1 Å². The summed E-state index contributed by atoms with van der Waals surface area (Å²) in [6.45, 7) is 14.4. The van der Waals surface area contributed by atoms with Crippen LogP contribution in [0.2, 0.25) is 0 Å². The summed E-state index contributed by atoms with van der Waals surface area (Å²) in [5.41, 5.74) is 11.2. The summed E-state index contributed by atoms with van der Waals surface area (Å²) >= 11 is 0. The summed E-state index contributed by atoms with van der Waals surface area (Å²) in [4.78, 5) is 82.1. The number of primary amides is 1. The number of nitrogens with zero attached hydrogens (tertiary/aromatic N) is 3. The van der Waals surface area contributed by atoms with Crippen molar-refractivity contribution in [3.05, 3.63) is 0 Å². The van der Waals surface area contributed by atoms with Crippen LogP contribution in [0.1, 0.15) is 81.1 Å². The van der Waals surface area contributed by atoms with Crippen molar-refractivity contribution in [2.75, 3.05) is 27.7 Å². The van der Waals surface area contributed by atoms with Crippen LogP contribution in [0.4, 0.5) is 0 Å². The first kappa shape index (κ1) is 39.8. The van der Waals surface area contributed by atoms with E-state index in [1.54, 1.807) is 13.8 Å². The second kappa shape index (κ2) is 18.4. The van der Waals surface area contributed by atoms with Gasteiger partial charge in [0.05, 0.1) is 0 Å². The van der Waals surface area contributed by atoms with Gasteiger partial charge < -0.3 is 36.8 Å². The SMILES string of the molecule is CCCC(=O)N(C)[C@H](CN)C(=O)N(C)[C@@H](CC(C)C)C(=O)N[C@H](C(=O)N(C)[C@@H](CC(C)C)C(=O)N[C@H](C)C(N)=O)C(C)C. The molecule has 0 radical (unpaired) electrons. The average Bonchev–Trinajstić information content (AvgIpc) is 2.91. The van der Waals surface area contributed by atoms with E-state index in [1.165, 1.54) is 42.8 Å². The second-order valence-electron chi connectivity index (χ2n) is 12.6. The number of hydrogen-bond donors (Lipinski definition) is 4. The lowest BCUT2D eigenvalue weighted by atomic mass is 9.96. The lowest BCUT2D eigenvalue weighted by molar-refractivity contribution is -0.149. The summed E-state index contributed by atoms with van der Waals surface area (Å²) in [5, 5.41) is 5.39. The number of carbonyl (C=O) groups is 6. The molecule has 0 aliphatic carbocycles. The number of rotatable bonds is 18. The fourth-order valence-corrected chi connectivity index (χ4v) is 4.67. The largest absolute Gasteiger partial charge is 0.368 e. The molecule has 0 aromatic heterocycles. The van der Waals surface area contributed by atoms with Crippen molar-refractivity contribution in [1.82, 2.24) is 25.3 Å². The van der Waals surface area contributed by atoms with Gasteiger partial charge in [-0.3, -0.25) is 28.8 Å². The maximum absolute atomic E-state index is 13.8. The molecule has 13 nitrogen and oxygen atoms in total. The molecule has 0 aromatic rings. The third kappa shape index (κ3) is 12.1. The van der Waals surface area contributed by atoms with Crippen molar-refractivity contribution in [2.45, 2.75) is 111 Å². The summed E-state index contributed by atoms with van der Waals surface area (Å²) in [6, 6.07) is -4.74. The zero-order valence-electron chi connectivity index (χ0n) is 28.1. The number of hydrogen-bond acceptors (Lipinski definition) is 7. The van der Waals surface area contributed by atoms with Crippen molar-refractivity contribution in [2.24, 2.45) is 29.2 Å². The Hall–Kier alpha value is -3.22. The fraction of sp³-hybridized carbons (Fsp3) is 0.800.